The van der Waals surface area contributed by atoms with Gasteiger partial charge in [0.2, 0.25) is 0 Å². The Morgan fingerprint density at radius 3 is 2.58 bits per heavy atom. The smallest absolute Gasteiger partial charge is 0.412 e. The van der Waals surface area contributed by atoms with Crippen molar-refractivity contribution in [3.05, 3.63) is 23.8 Å². The number of nitrogens with two attached hydrogens (primary N) is 1. The van der Waals surface area contributed by atoms with E-state index in [4.69, 9.17) is 10.5 Å². The molecule has 0 unspecified atom stereocenters. The summed E-state index contributed by atoms with van der Waals surface area (Å²) in [5.41, 5.74) is 5.41. The van der Waals surface area contributed by atoms with Gasteiger partial charge in [0.05, 0.1) is 6.10 Å². The number of anilines is 1. The van der Waals surface area contributed by atoms with Gasteiger partial charge in [-0.15, -0.1) is 0 Å². The van der Waals surface area contributed by atoms with Gasteiger partial charge in [-0.2, -0.15) is 0 Å². The average molecular weight is 268 g/mol. The standard InChI is InChI=1S/C13H20N2O4/c1-13(2,3)19-12(18)15-8-4-5-9(10(16)6-8)11(17)7-14/h4-6,11,16-17H,7,14H2,1-3H3,(H,15,18)/t11-/m0/s1. The van der Waals surface area contributed by atoms with Crippen LogP contribution in [0.4, 0.5) is 10.5 Å². The Morgan fingerprint density at radius 1 is 1.47 bits per heavy atom. The molecular formula is C13H20N2O4. The molecule has 106 valence electrons. The molecule has 1 amide bonds. The molecule has 0 heterocycles. The van der Waals surface area contributed by atoms with E-state index in [2.05, 4.69) is 5.32 Å². The number of benzene rings is 1. The molecule has 0 radical (unpaired) electrons. The van der Waals surface area contributed by atoms with Gasteiger partial charge in [0.15, 0.2) is 0 Å². The van der Waals surface area contributed by atoms with Gasteiger partial charge >= 0.3 is 6.09 Å². The Labute approximate surface area is 112 Å². The average Bonchev–Trinajstić information content (AvgIpc) is 2.25. The molecule has 1 rings (SSSR count). The van der Waals surface area contributed by atoms with E-state index in [1.807, 2.05) is 0 Å². The van der Waals surface area contributed by atoms with Crippen LogP contribution in [0.25, 0.3) is 0 Å². The lowest BCUT2D eigenvalue weighted by molar-refractivity contribution is 0.0636. The van der Waals surface area contributed by atoms with E-state index in [-0.39, 0.29) is 12.3 Å². The van der Waals surface area contributed by atoms with Gasteiger partial charge in [-0.3, -0.25) is 5.32 Å². The third-order valence-electron chi connectivity index (χ3n) is 2.26. The largest absolute Gasteiger partial charge is 0.507 e. The van der Waals surface area contributed by atoms with Gasteiger partial charge in [-0.25, -0.2) is 4.79 Å². The Bertz CT molecular complexity index is 454. The fourth-order valence-corrected chi connectivity index (χ4v) is 1.45. The zero-order chi connectivity index (χ0) is 14.6. The number of rotatable bonds is 3. The number of aliphatic hydroxyl groups is 1. The molecule has 1 atom stereocenters. The fraction of sp³-hybridized carbons (Fsp3) is 0.462. The van der Waals surface area contributed by atoms with Crippen molar-refractivity contribution in [3.8, 4) is 5.75 Å². The topological polar surface area (TPSA) is 105 Å². The second-order valence-corrected chi connectivity index (χ2v) is 5.15. The first-order chi connectivity index (χ1) is 8.73. The van der Waals surface area contributed by atoms with Gasteiger partial charge in [0.25, 0.3) is 0 Å². The summed E-state index contributed by atoms with van der Waals surface area (Å²) in [7, 11) is 0. The van der Waals surface area contributed by atoms with E-state index >= 15 is 0 Å². The molecule has 5 N–H and O–H groups in total. The van der Waals surface area contributed by atoms with E-state index in [1.54, 1.807) is 26.8 Å². The number of nitrogens with one attached hydrogen (secondary N) is 1. The first kappa shape index (κ1) is 15.3. The highest BCUT2D eigenvalue weighted by molar-refractivity contribution is 5.85. The highest BCUT2D eigenvalue weighted by atomic mass is 16.6. The molecule has 6 nitrogen and oxygen atoms in total. The van der Waals surface area contributed by atoms with Crippen molar-refractivity contribution >= 4 is 11.8 Å². The molecule has 0 aliphatic carbocycles. The first-order valence-corrected chi connectivity index (χ1v) is 5.94. The lowest BCUT2D eigenvalue weighted by Gasteiger charge is -2.20. The molecule has 19 heavy (non-hydrogen) atoms. The van der Waals surface area contributed by atoms with Gasteiger partial charge in [-0.05, 0) is 26.8 Å². The number of hydrogen-bond acceptors (Lipinski definition) is 5. The maximum absolute atomic E-state index is 11.5. The first-order valence-electron chi connectivity index (χ1n) is 5.94. The number of ether oxygens (including phenoxy) is 1. The summed E-state index contributed by atoms with van der Waals surface area (Å²) in [5.74, 6) is -0.133. The Kier molecular flexibility index (Phi) is 4.74. The minimum atomic E-state index is -0.935. The number of phenolic OH excluding ortho intramolecular Hbond substituents is 1. The second kappa shape index (κ2) is 5.90. The molecule has 0 aliphatic rings. The summed E-state index contributed by atoms with van der Waals surface area (Å²) < 4.78 is 5.08. The maximum Gasteiger partial charge on any atom is 0.412 e. The van der Waals surface area contributed by atoms with Crippen molar-refractivity contribution in [2.24, 2.45) is 5.73 Å². The number of phenols is 1. The second-order valence-electron chi connectivity index (χ2n) is 5.15. The van der Waals surface area contributed by atoms with Crippen LogP contribution >= 0.6 is 0 Å². The molecule has 0 saturated carbocycles. The third-order valence-corrected chi connectivity index (χ3v) is 2.26. The molecule has 0 aliphatic heterocycles. The summed E-state index contributed by atoms with van der Waals surface area (Å²) in [4.78, 5) is 11.5. The van der Waals surface area contributed by atoms with Crippen LogP contribution in [-0.4, -0.2) is 28.5 Å². The van der Waals surface area contributed by atoms with Crippen molar-refractivity contribution in [2.75, 3.05) is 11.9 Å². The number of aliphatic hydroxyl groups excluding tert-OH is 1. The molecule has 0 bridgehead atoms. The number of carbonyl (C=O) groups excluding carboxylic acids is 1. The third kappa shape index (κ3) is 4.76. The van der Waals surface area contributed by atoms with Crippen molar-refractivity contribution in [1.82, 2.24) is 0 Å². The van der Waals surface area contributed by atoms with Crippen LogP contribution in [0.2, 0.25) is 0 Å². The van der Waals surface area contributed by atoms with Crippen LogP contribution in [0.5, 0.6) is 5.75 Å². The molecule has 0 fully saturated rings. The van der Waals surface area contributed by atoms with E-state index in [0.29, 0.717) is 11.3 Å². The molecule has 1 aromatic carbocycles. The lowest BCUT2D eigenvalue weighted by Crippen LogP contribution is -2.27. The highest BCUT2D eigenvalue weighted by Crippen LogP contribution is 2.27. The molecular weight excluding hydrogens is 248 g/mol. The summed E-state index contributed by atoms with van der Waals surface area (Å²) in [6.45, 7) is 5.27. The van der Waals surface area contributed by atoms with E-state index < -0.39 is 17.8 Å². The summed E-state index contributed by atoms with van der Waals surface area (Å²) in [5, 5.41) is 21.8. The number of aromatic hydroxyl groups is 1. The Hall–Kier alpha value is -1.79. The van der Waals surface area contributed by atoms with Gasteiger partial charge < -0.3 is 20.7 Å². The molecule has 0 saturated heterocycles. The minimum Gasteiger partial charge on any atom is -0.507 e. The van der Waals surface area contributed by atoms with Gasteiger partial charge in [0.1, 0.15) is 11.4 Å². The fourth-order valence-electron chi connectivity index (χ4n) is 1.45. The Balaban J connectivity index is 2.76. The van der Waals surface area contributed by atoms with Crippen molar-refractivity contribution in [1.29, 1.82) is 0 Å². The SMILES string of the molecule is CC(C)(C)OC(=O)Nc1ccc([C@@H](O)CN)c(O)c1. The van der Waals surface area contributed by atoms with Gasteiger partial charge in [0, 0.05) is 23.9 Å². The van der Waals surface area contributed by atoms with Gasteiger partial charge in [-0.1, -0.05) is 6.07 Å². The van der Waals surface area contributed by atoms with Crippen LogP contribution in [0.3, 0.4) is 0 Å². The van der Waals surface area contributed by atoms with Crippen molar-refractivity contribution in [2.45, 2.75) is 32.5 Å². The van der Waals surface area contributed by atoms with E-state index in [9.17, 15) is 15.0 Å². The molecule has 6 heteroatoms. The van der Waals surface area contributed by atoms with Crippen molar-refractivity contribution in [3.63, 3.8) is 0 Å². The normalized spacial score (nSPS) is 12.9. The van der Waals surface area contributed by atoms with Crippen LogP contribution in [0.15, 0.2) is 18.2 Å². The van der Waals surface area contributed by atoms with Crippen molar-refractivity contribution < 1.29 is 19.7 Å². The predicted molar refractivity (Wildman–Crippen MR) is 72.0 cm³/mol. The highest BCUT2D eigenvalue weighted by Gasteiger charge is 2.17. The Morgan fingerprint density at radius 2 is 2.11 bits per heavy atom. The zero-order valence-electron chi connectivity index (χ0n) is 11.3. The van der Waals surface area contributed by atoms with E-state index in [1.165, 1.54) is 12.1 Å². The minimum absolute atomic E-state index is 0.00635. The van der Waals surface area contributed by atoms with Crippen LogP contribution < -0.4 is 11.1 Å². The number of amides is 1. The number of hydrogen-bond donors (Lipinski definition) is 4. The molecule has 1 aromatic rings. The quantitative estimate of drug-likeness (QED) is 0.668. The van der Waals surface area contributed by atoms with Crippen LogP contribution in [0, 0.1) is 0 Å². The van der Waals surface area contributed by atoms with Crippen LogP contribution in [0.1, 0.15) is 32.4 Å². The zero-order valence-corrected chi connectivity index (χ0v) is 11.3. The summed E-state index contributed by atoms with van der Waals surface area (Å²) in [6, 6.07) is 4.38. The summed E-state index contributed by atoms with van der Waals surface area (Å²) in [6.07, 6.45) is -1.55. The maximum atomic E-state index is 11.5. The number of carbonyl (C=O) groups is 1. The predicted octanol–water partition coefficient (Wildman–Crippen LogP) is 1.73. The summed E-state index contributed by atoms with van der Waals surface area (Å²) >= 11 is 0. The lowest BCUT2D eigenvalue weighted by atomic mass is 10.1. The van der Waals surface area contributed by atoms with E-state index in [0.717, 1.165) is 0 Å². The molecule has 0 aromatic heterocycles. The monoisotopic (exact) mass is 268 g/mol. The molecule has 0 spiro atoms. The van der Waals surface area contributed by atoms with Crippen LogP contribution in [-0.2, 0) is 4.74 Å².